The number of aromatic hydroxyl groups is 1. The quantitative estimate of drug-likeness (QED) is 0.434. The smallest absolute Gasteiger partial charge is 0.315 e. The zero-order valence-corrected chi connectivity index (χ0v) is 14.7. The van der Waals surface area contributed by atoms with Gasteiger partial charge in [0.25, 0.3) is 0 Å². The van der Waals surface area contributed by atoms with Crippen molar-refractivity contribution < 1.29 is 19.6 Å². The Hall–Kier alpha value is -2.94. The Labute approximate surface area is 151 Å². The van der Waals surface area contributed by atoms with Crippen LogP contribution in [0.1, 0.15) is 11.1 Å². The van der Waals surface area contributed by atoms with Crippen molar-refractivity contribution in [3.05, 3.63) is 62.1 Å². The van der Waals surface area contributed by atoms with E-state index < -0.39 is 16.4 Å². The van der Waals surface area contributed by atoms with Crippen LogP contribution in [0.4, 0.5) is 5.69 Å². The number of phenolic OH excluding ortho intramolecular Hbond substituents is 1. The van der Waals surface area contributed by atoms with E-state index in [9.17, 15) is 20.0 Å². The molecule has 8 nitrogen and oxygen atoms in total. The fourth-order valence-electron chi connectivity index (χ4n) is 1.99. The molecule has 9 heteroatoms. The van der Waals surface area contributed by atoms with Gasteiger partial charge in [-0.1, -0.05) is 28.1 Å². The number of nitro groups is 1. The maximum atomic E-state index is 11.8. The van der Waals surface area contributed by atoms with Crippen LogP contribution in [0.15, 0.2) is 46.0 Å². The number of phenols is 1. The van der Waals surface area contributed by atoms with Crippen molar-refractivity contribution in [1.29, 1.82) is 0 Å². The molecule has 0 saturated carbocycles. The molecule has 0 heterocycles. The molecule has 25 heavy (non-hydrogen) atoms. The number of nitro benzene ring substituents is 1. The highest BCUT2D eigenvalue weighted by molar-refractivity contribution is 9.10. The molecular weight excluding hydrogens is 394 g/mol. The van der Waals surface area contributed by atoms with Gasteiger partial charge in [0.2, 0.25) is 11.7 Å². The van der Waals surface area contributed by atoms with Gasteiger partial charge in [0.05, 0.1) is 24.7 Å². The third-order valence-electron chi connectivity index (χ3n) is 3.17. The molecule has 0 aliphatic rings. The van der Waals surface area contributed by atoms with Crippen molar-refractivity contribution in [3.63, 3.8) is 0 Å². The first-order chi connectivity index (χ1) is 11.9. The minimum absolute atomic E-state index is 0.0585. The Morgan fingerprint density at radius 1 is 1.40 bits per heavy atom. The van der Waals surface area contributed by atoms with E-state index >= 15 is 0 Å². The van der Waals surface area contributed by atoms with E-state index in [0.29, 0.717) is 5.56 Å². The largest absolute Gasteiger partial charge is 0.500 e. The molecule has 0 spiro atoms. The molecule has 2 N–H and O–H groups in total. The number of benzene rings is 2. The number of hydrogen-bond donors (Lipinski definition) is 2. The van der Waals surface area contributed by atoms with Gasteiger partial charge in [-0.25, -0.2) is 5.43 Å². The van der Waals surface area contributed by atoms with E-state index in [1.165, 1.54) is 19.4 Å². The average Bonchev–Trinajstić information content (AvgIpc) is 2.58. The Morgan fingerprint density at radius 3 is 2.68 bits per heavy atom. The Kier molecular flexibility index (Phi) is 6.07. The third kappa shape index (κ3) is 5.01. The number of hydrazone groups is 1. The monoisotopic (exact) mass is 407 g/mol. The van der Waals surface area contributed by atoms with E-state index in [1.807, 2.05) is 24.3 Å². The van der Waals surface area contributed by atoms with Crippen LogP contribution >= 0.6 is 15.9 Å². The van der Waals surface area contributed by atoms with Gasteiger partial charge in [-0.2, -0.15) is 5.10 Å². The molecule has 2 aromatic rings. The SMILES string of the molecule is COc1cc(/C=N\NC(=O)Cc2ccc(Br)cc2)cc([N+](=O)[O-])c1O. The summed E-state index contributed by atoms with van der Waals surface area (Å²) in [4.78, 5) is 22.0. The number of amides is 1. The van der Waals surface area contributed by atoms with E-state index in [0.717, 1.165) is 16.1 Å². The molecule has 0 aromatic heterocycles. The van der Waals surface area contributed by atoms with Gasteiger partial charge in [0, 0.05) is 16.1 Å². The minimum Gasteiger partial charge on any atom is -0.500 e. The Bertz CT molecular complexity index is 821. The summed E-state index contributed by atoms with van der Waals surface area (Å²) in [7, 11) is 1.28. The molecule has 0 radical (unpaired) electrons. The molecule has 1 amide bonds. The highest BCUT2D eigenvalue weighted by Crippen LogP contribution is 2.36. The number of ether oxygens (including phenoxy) is 1. The van der Waals surface area contributed by atoms with Crippen molar-refractivity contribution in [3.8, 4) is 11.5 Å². The van der Waals surface area contributed by atoms with Gasteiger partial charge >= 0.3 is 5.69 Å². The van der Waals surface area contributed by atoms with Gasteiger partial charge in [-0.05, 0) is 23.8 Å². The lowest BCUT2D eigenvalue weighted by Crippen LogP contribution is -2.19. The predicted octanol–water partition coefficient (Wildman–Crippen LogP) is 2.76. The maximum Gasteiger partial charge on any atom is 0.315 e. The first-order valence-corrected chi connectivity index (χ1v) is 7.81. The van der Waals surface area contributed by atoms with Gasteiger partial charge in [-0.3, -0.25) is 14.9 Å². The second-order valence-electron chi connectivity index (χ2n) is 4.94. The van der Waals surface area contributed by atoms with Gasteiger partial charge in [-0.15, -0.1) is 0 Å². The van der Waals surface area contributed by atoms with Crippen molar-refractivity contribution in [2.45, 2.75) is 6.42 Å². The van der Waals surface area contributed by atoms with Crippen LogP contribution in [0.3, 0.4) is 0 Å². The first kappa shape index (κ1) is 18.4. The second-order valence-corrected chi connectivity index (χ2v) is 5.86. The van der Waals surface area contributed by atoms with Crippen LogP contribution in [0.2, 0.25) is 0 Å². The van der Waals surface area contributed by atoms with E-state index in [-0.39, 0.29) is 18.1 Å². The predicted molar refractivity (Wildman–Crippen MR) is 94.9 cm³/mol. The van der Waals surface area contributed by atoms with Crippen LogP contribution in [0.5, 0.6) is 11.5 Å². The van der Waals surface area contributed by atoms with Crippen LogP contribution in [-0.2, 0) is 11.2 Å². The van der Waals surface area contributed by atoms with Gasteiger partial charge < -0.3 is 9.84 Å². The van der Waals surface area contributed by atoms with E-state index in [2.05, 4.69) is 26.5 Å². The Morgan fingerprint density at radius 2 is 2.08 bits per heavy atom. The fourth-order valence-corrected chi connectivity index (χ4v) is 2.25. The molecule has 0 saturated heterocycles. The van der Waals surface area contributed by atoms with E-state index in [1.54, 1.807) is 0 Å². The summed E-state index contributed by atoms with van der Waals surface area (Å²) in [6, 6.07) is 9.76. The van der Waals surface area contributed by atoms with Crippen LogP contribution < -0.4 is 10.2 Å². The number of methoxy groups -OCH3 is 1. The summed E-state index contributed by atoms with van der Waals surface area (Å²) >= 11 is 3.31. The molecule has 0 aliphatic carbocycles. The van der Waals surface area contributed by atoms with Crippen molar-refractivity contribution in [2.24, 2.45) is 5.10 Å². The molecular formula is C16H14BrN3O5. The summed E-state index contributed by atoms with van der Waals surface area (Å²) < 4.78 is 5.80. The van der Waals surface area contributed by atoms with Gasteiger partial charge in [0.15, 0.2) is 5.75 Å². The average molecular weight is 408 g/mol. The molecule has 130 valence electrons. The number of carbonyl (C=O) groups excluding carboxylic acids is 1. The zero-order valence-electron chi connectivity index (χ0n) is 13.1. The lowest BCUT2D eigenvalue weighted by Gasteiger charge is -2.05. The Balaban J connectivity index is 2.06. The number of halogens is 1. The number of nitrogens with zero attached hydrogens (tertiary/aromatic N) is 2. The van der Waals surface area contributed by atoms with Gasteiger partial charge in [0.1, 0.15) is 0 Å². The number of carbonyl (C=O) groups is 1. The second kappa shape index (κ2) is 8.25. The maximum absolute atomic E-state index is 11.8. The highest BCUT2D eigenvalue weighted by atomic mass is 79.9. The number of hydrogen-bond acceptors (Lipinski definition) is 6. The molecule has 2 rings (SSSR count). The summed E-state index contributed by atoms with van der Waals surface area (Å²) in [5, 5.41) is 24.4. The molecule has 0 aliphatic heterocycles. The normalized spacial score (nSPS) is 10.6. The fraction of sp³-hybridized carbons (Fsp3) is 0.125. The highest BCUT2D eigenvalue weighted by Gasteiger charge is 2.19. The summed E-state index contributed by atoms with van der Waals surface area (Å²) in [6.07, 6.45) is 1.37. The molecule has 0 atom stereocenters. The number of rotatable bonds is 6. The molecule has 0 unspecified atom stereocenters. The summed E-state index contributed by atoms with van der Waals surface area (Å²) in [5.74, 6) is -0.959. The summed E-state index contributed by atoms with van der Waals surface area (Å²) in [6.45, 7) is 0. The zero-order chi connectivity index (χ0) is 18.4. The van der Waals surface area contributed by atoms with Crippen molar-refractivity contribution in [2.75, 3.05) is 7.11 Å². The van der Waals surface area contributed by atoms with Crippen molar-refractivity contribution in [1.82, 2.24) is 5.43 Å². The molecule has 2 aromatic carbocycles. The standard InChI is InChI=1S/C16H14BrN3O5/c1-25-14-7-11(6-13(16(14)22)20(23)24)9-18-19-15(21)8-10-2-4-12(17)5-3-10/h2-7,9,22H,8H2,1H3,(H,19,21)/b18-9-. The van der Waals surface area contributed by atoms with Crippen LogP contribution in [0.25, 0.3) is 0 Å². The summed E-state index contributed by atoms with van der Waals surface area (Å²) in [5.41, 5.74) is 2.94. The van der Waals surface area contributed by atoms with Crippen LogP contribution in [0, 0.1) is 10.1 Å². The van der Waals surface area contributed by atoms with Crippen molar-refractivity contribution >= 4 is 33.7 Å². The number of nitrogens with one attached hydrogen (secondary N) is 1. The molecule has 0 fully saturated rings. The molecule has 0 bridgehead atoms. The third-order valence-corrected chi connectivity index (χ3v) is 3.70. The van der Waals surface area contributed by atoms with E-state index in [4.69, 9.17) is 4.74 Å². The topological polar surface area (TPSA) is 114 Å². The van der Waals surface area contributed by atoms with Crippen LogP contribution in [-0.4, -0.2) is 29.3 Å². The lowest BCUT2D eigenvalue weighted by atomic mass is 10.1. The minimum atomic E-state index is -0.735. The first-order valence-electron chi connectivity index (χ1n) is 7.02. The lowest BCUT2D eigenvalue weighted by molar-refractivity contribution is -0.386.